The number of hydrogen-bond acceptors (Lipinski definition) is 0. The quantitative estimate of drug-likeness (QED) is 0.0983. The molecule has 0 aromatic heterocycles. The third-order valence-electron chi connectivity index (χ3n) is 10.5. The Labute approximate surface area is 325 Å². The predicted molar refractivity (Wildman–Crippen MR) is 242 cm³/mol. The van der Waals surface area contributed by atoms with Crippen LogP contribution in [-0.4, -0.2) is 0 Å². The maximum Gasteiger partial charge on any atom is -0.00199 e. The Morgan fingerprint density at radius 2 is 0.891 bits per heavy atom. The van der Waals surface area contributed by atoms with Crippen molar-refractivity contribution in [3.63, 3.8) is 0 Å². The molecule has 0 heterocycles. The van der Waals surface area contributed by atoms with E-state index >= 15 is 0 Å². The Bertz CT molecular complexity index is 2780. The van der Waals surface area contributed by atoms with E-state index < -0.39 is 0 Å². The van der Waals surface area contributed by atoms with Crippen LogP contribution >= 0.6 is 0 Å². The van der Waals surface area contributed by atoms with Gasteiger partial charge in [-0.3, -0.25) is 0 Å². The highest BCUT2D eigenvalue weighted by Gasteiger charge is 2.22. The topological polar surface area (TPSA) is 0 Å². The van der Waals surface area contributed by atoms with Crippen LogP contribution in [0.25, 0.3) is 94.9 Å². The Balaban J connectivity index is 1.52. The summed E-state index contributed by atoms with van der Waals surface area (Å²) in [6.07, 6.45) is 12.1. The van der Waals surface area contributed by atoms with Gasteiger partial charge in [0.1, 0.15) is 0 Å². The normalized spacial score (nSPS) is 11.6. The van der Waals surface area contributed by atoms with Crippen LogP contribution in [0, 0.1) is 0 Å². The van der Waals surface area contributed by atoms with Crippen LogP contribution < -0.4 is 0 Å². The molecule has 0 amide bonds. The van der Waals surface area contributed by atoms with Crippen molar-refractivity contribution in [1.82, 2.24) is 0 Å². The molecule has 0 aliphatic carbocycles. The number of benzene rings is 8. The molecule has 0 heteroatoms. The van der Waals surface area contributed by atoms with Crippen molar-refractivity contribution in [1.29, 1.82) is 0 Å². The van der Waals surface area contributed by atoms with E-state index in [0.717, 1.165) is 27.8 Å². The van der Waals surface area contributed by atoms with Crippen LogP contribution in [0.4, 0.5) is 0 Å². The van der Waals surface area contributed by atoms with Crippen LogP contribution in [-0.2, 0) is 0 Å². The summed E-state index contributed by atoms with van der Waals surface area (Å²) in [6.45, 7) is 14.6. The molecular formula is C55H42. The summed E-state index contributed by atoms with van der Waals surface area (Å²) in [5.74, 6) is 0. The first-order valence-electron chi connectivity index (χ1n) is 18.8. The summed E-state index contributed by atoms with van der Waals surface area (Å²) in [4.78, 5) is 0. The zero-order chi connectivity index (χ0) is 37.7. The minimum atomic E-state index is 1.05. The fraction of sp³-hybridized carbons (Fsp3) is 0.0182. The second-order valence-corrected chi connectivity index (χ2v) is 13.7. The van der Waals surface area contributed by atoms with Gasteiger partial charge in [0.2, 0.25) is 0 Å². The van der Waals surface area contributed by atoms with Crippen LogP contribution in [0.1, 0.15) is 23.6 Å². The third-order valence-corrected chi connectivity index (χ3v) is 10.5. The van der Waals surface area contributed by atoms with Gasteiger partial charge in [-0.25, -0.2) is 0 Å². The molecule has 55 heavy (non-hydrogen) atoms. The molecular weight excluding hydrogens is 661 g/mol. The summed E-state index contributed by atoms with van der Waals surface area (Å²) in [6, 6.07) is 59.5. The summed E-state index contributed by atoms with van der Waals surface area (Å²) in [5, 5.41) is 4.72. The van der Waals surface area contributed by atoms with Crippen molar-refractivity contribution >= 4 is 39.3 Å². The highest BCUT2D eigenvalue weighted by atomic mass is 14.3. The molecule has 8 aromatic carbocycles. The van der Waals surface area contributed by atoms with Gasteiger partial charge in [-0.2, -0.15) is 0 Å². The first kappa shape index (κ1) is 35.0. The Hall–Kier alpha value is -7.02. The minimum absolute atomic E-state index is 1.05. The second-order valence-electron chi connectivity index (χ2n) is 13.7. The van der Waals surface area contributed by atoms with Crippen LogP contribution in [0.2, 0.25) is 0 Å². The predicted octanol–water partition coefficient (Wildman–Crippen LogP) is 15.8. The maximum atomic E-state index is 4.25. The molecule has 0 atom stereocenters. The molecule has 0 saturated carbocycles. The SMILES string of the molecule is C=C/C=C(\C=C/C)c1ccc(-c2c3ccccc3c(-c3ccc(-c4ccccc4)cc3-c3ccccc3)c3cc(C=C)c(C=C)cc23)c(-c2ccccc2)c1. The zero-order valence-electron chi connectivity index (χ0n) is 31.2. The lowest BCUT2D eigenvalue weighted by Crippen LogP contribution is -1.97. The summed E-state index contributed by atoms with van der Waals surface area (Å²) >= 11 is 0. The van der Waals surface area contributed by atoms with Crippen molar-refractivity contribution in [3.8, 4) is 55.6 Å². The van der Waals surface area contributed by atoms with Gasteiger partial charge in [0.05, 0.1) is 0 Å². The van der Waals surface area contributed by atoms with E-state index in [2.05, 4.69) is 209 Å². The fourth-order valence-corrected chi connectivity index (χ4v) is 7.97. The van der Waals surface area contributed by atoms with Crippen molar-refractivity contribution in [3.05, 3.63) is 225 Å². The molecule has 0 radical (unpaired) electrons. The molecule has 0 aliphatic rings. The van der Waals surface area contributed by atoms with Crippen LogP contribution in [0.15, 0.2) is 208 Å². The largest absolute Gasteiger partial charge is 0.0990 e. The average molecular weight is 703 g/mol. The number of rotatable bonds is 10. The van der Waals surface area contributed by atoms with E-state index in [1.165, 1.54) is 71.6 Å². The molecule has 8 aromatic rings. The van der Waals surface area contributed by atoms with Gasteiger partial charge in [-0.1, -0.05) is 196 Å². The van der Waals surface area contributed by atoms with Crippen molar-refractivity contribution in [2.75, 3.05) is 0 Å². The van der Waals surface area contributed by atoms with E-state index in [0.29, 0.717) is 0 Å². The lowest BCUT2D eigenvalue weighted by molar-refractivity contribution is 1.56. The average Bonchev–Trinajstić information content (AvgIpc) is 3.25. The van der Waals surface area contributed by atoms with Gasteiger partial charge in [-0.05, 0) is 131 Å². The molecule has 262 valence electrons. The molecule has 0 bridgehead atoms. The first-order chi connectivity index (χ1) is 27.1. The first-order valence-corrected chi connectivity index (χ1v) is 18.8. The van der Waals surface area contributed by atoms with Gasteiger partial charge >= 0.3 is 0 Å². The van der Waals surface area contributed by atoms with E-state index in [9.17, 15) is 0 Å². The van der Waals surface area contributed by atoms with Gasteiger partial charge in [0, 0.05) is 0 Å². The molecule has 0 spiro atoms. The van der Waals surface area contributed by atoms with Crippen molar-refractivity contribution < 1.29 is 0 Å². The Kier molecular flexibility index (Phi) is 9.89. The highest BCUT2D eigenvalue weighted by molar-refractivity contribution is 6.24. The minimum Gasteiger partial charge on any atom is -0.0990 e. The van der Waals surface area contributed by atoms with E-state index in [-0.39, 0.29) is 0 Å². The molecule has 8 rings (SSSR count). The zero-order valence-corrected chi connectivity index (χ0v) is 31.2. The molecule has 0 nitrogen and oxygen atoms in total. The summed E-state index contributed by atoms with van der Waals surface area (Å²) in [7, 11) is 0. The molecule has 0 N–H and O–H groups in total. The monoisotopic (exact) mass is 702 g/mol. The van der Waals surface area contributed by atoms with Crippen molar-refractivity contribution in [2.24, 2.45) is 0 Å². The molecule has 0 saturated heterocycles. The third kappa shape index (κ3) is 6.60. The molecule has 0 fully saturated rings. The Morgan fingerprint density at radius 1 is 0.418 bits per heavy atom. The Morgan fingerprint density at radius 3 is 1.38 bits per heavy atom. The number of hydrogen-bond donors (Lipinski definition) is 0. The maximum absolute atomic E-state index is 4.25. The number of allylic oxidation sites excluding steroid dienone is 5. The lowest BCUT2D eigenvalue weighted by Gasteiger charge is -2.23. The highest BCUT2D eigenvalue weighted by Crippen LogP contribution is 2.49. The smallest absolute Gasteiger partial charge is 0.00199 e. The van der Waals surface area contributed by atoms with Gasteiger partial charge in [-0.15, -0.1) is 0 Å². The standard InChI is InChI=1S/C55H42/c1-5-20-40(21-6-2)44-30-32-48(50(36-44)42-24-14-10-15-25-42)54-46-28-18-19-29-47(46)55(53-35-39(8-4)38(7-3)34-52(53)54)49-33-31-45(41-22-12-9-13-23-41)37-51(49)43-26-16-11-17-27-43/h5-37H,1,3-4H2,2H3/b21-6-,40-20+. The van der Waals surface area contributed by atoms with E-state index in [1.807, 2.05) is 18.2 Å². The summed E-state index contributed by atoms with van der Waals surface area (Å²) in [5.41, 5.74) is 16.2. The van der Waals surface area contributed by atoms with E-state index in [1.54, 1.807) is 0 Å². The number of fused-ring (bicyclic) bond motifs is 2. The molecule has 0 aliphatic heterocycles. The second kappa shape index (κ2) is 15.5. The van der Waals surface area contributed by atoms with Crippen LogP contribution in [0.5, 0.6) is 0 Å². The van der Waals surface area contributed by atoms with Crippen molar-refractivity contribution in [2.45, 2.75) is 6.92 Å². The molecule has 0 unspecified atom stereocenters. The van der Waals surface area contributed by atoms with Gasteiger partial charge < -0.3 is 0 Å². The summed E-state index contributed by atoms with van der Waals surface area (Å²) < 4.78 is 0. The van der Waals surface area contributed by atoms with Gasteiger partial charge in [0.25, 0.3) is 0 Å². The lowest BCUT2D eigenvalue weighted by atomic mass is 9.80. The van der Waals surface area contributed by atoms with Gasteiger partial charge in [0.15, 0.2) is 0 Å². The fourth-order valence-electron chi connectivity index (χ4n) is 7.97. The van der Waals surface area contributed by atoms with E-state index in [4.69, 9.17) is 0 Å². The van der Waals surface area contributed by atoms with Crippen LogP contribution in [0.3, 0.4) is 0 Å².